The van der Waals surface area contributed by atoms with E-state index in [1.54, 1.807) is 6.07 Å². The lowest BCUT2D eigenvalue weighted by molar-refractivity contribution is 0.139. The van der Waals surface area contributed by atoms with Crippen molar-refractivity contribution in [3.05, 3.63) is 34.1 Å². The topological polar surface area (TPSA) is 35.2 Å². The second-order valence-electron chi connectivity index (χ2n) is 4.74. The molecule has 1 saturated heterocycles. The summed E-state index contributed by atoms with van der Waals surface area (Å²) >= 11 is 3.26. The number of hydrogen-bond donors (Lipinski definition) is 1. The highest BCUT2D eigenvalue weighted by Crippen LogP contribution is 2.25. The molecule has 1 atom stereocenters. The minimum absolute atomic E-state index is 0.186. The van der Waals surface area contributed by atoms with Crippen molar-refractivity contribution in [1.29, 1.82) is 0 Å². The second-order valence-corrected chi connectivity index (χ2v) is 5.66. The molecule has 1 aromatic rings. The van der Waals surface area contributed by atoms with Gasteiger partial charge in [0.25, 0.3) is 0 Å². The van der Waals surface area contributed by atoms with Crippen LogP contribution in [0.4, 0.5) is 4.39 Å². The zero-order valence-electron chi connectivity index (χ0n) is 9.72. The van der Waals surface area contributed by atoms with Crippen LogP contribution >= 0.6 is 15.9 Å². The Morgan fingerprint density at radius 3 is 2.94 bits per heavy atom. The van der Waals surface area contributed by atoms with Crippen LogP contribution < -0.4 is 5.73 Å². The maximum atomic E-state index is 13.8. The van der Waals surface area contributed by atoms with E-state index < -0.39 is 0 Å². The first-order valence-electron chi connectivity index (χ1n) is 5.90. The molecule has 1 aliphatic heterocycles. The Morgan fingerprint density at radius 2 is 2.18 bits per heavy atom. The van der Waals surface area contributed by atoms with E-state index in [-0.39, 0.29) is 11.4 Å². The number of nitrogens with two attached hydrogens (primary N) is 1. The number of benzene rings is 1. The molecule has 0 bridgehead atoms. The van der Waals surface area contributed by atoms with Gasteiger partial charge in [-0.2, -0.15) is 0 Å². The van der Waals surface area contributed by atoms with Crippen molar-refractivity contribution in [1.82, 2.24) is 0 Å². The summed E-state index contributed by atoms with van der Waals surface area (Å²) in [6, 6.07) is 5.15. The molecule has 4 heteroatoms. The summed E-state index contributed by atoms with van der Waals surface area (Å²) in [6.07, 6.45) is 3.22. The van der Waals surface area contributed by atoms with Gasteiger partial charge in [-0.1, -0.05) is 22.0 Å². The van der Waals surface area contributed by atoms with E-state index in [4.69, 9.17) is 10.5 Å². The Morgan fingerprint density at radius 1 is 1.35 bits per heavy atom. The third-order valence-electron chi connectivity index (χ3n) is 3.27. The van der Waals surface area contributed by atoms with Gasteiger partial charge in [-0.3, -0.25) is 0 Å². The lowest BCUT2D eigenvalue weighted by atomic mass is 9.85. The molecule has 2 nitrogen and oxygen atoms in total. The SMILES string of the molecule is NC1(Cc2ccc(Br)cc2F)CCCOCC1. The zero-order chi connectivity index (χ0) is 12.3. The van der Waals surface area contributed by atoms with Gasteiger partial charge >= 0.3 is 0 Å². The van der Waals surface area contributed by atoms with Gasteiger partial charge < -0.3 is 10.5 Å². The van der Waals surface area contributed by atoms with Crippen LogP contribution in [0.1, 0.15) is 24.8 Å². The average molecular weight is 302 g/mol. The smallest absolute Gasteiger partial charge is 0.127 e. The summed E-state index contributed by atoms with van der Waals surface area (Å²) in [5.74, 6) is -0.186. The van der Waals surface area contributed by atoms with Crippen molar-refractivity contribution < 1.29 is 9.13 Å². The maximum Gasteiger partial charge on any atom is 0.127 e. The number of ether oxygens (including phenoxy) is 1. The number of hydrogen-bond acceptors (Lipinski definition) is 2. The molecule has 2 rings (SSSR count). The third kappa shape index (κ3) is 3.50. The molecule has 1 fully saturated rings. The molecule has 0 aromatic heterocycles. The van der Waals surface area contributed by atoms with Crippen LogP contribution in [0, 0.1) is 5.82 Å². The minimum Gasteiger partial charge on any atom is -0.381 e. The van der Waals surface area contributed by atoms with Gasteiger partial charge in [0, 0.05) is 23.2 Å². The van der Waals surface area contributed by atoms with Crippen molar-refractivity contribution in [2.45, 2.75) is 31.2 Å². The molecule has 0 aliphatic carbocycles. The van der Waals surface area contributed by atoms with Crippen molar-refractivity contribution in [3.63, 3.8) is 0 Å². The average Bonchev–Trinajstić information content (AvgIpc) is 2.48. The van der Waals surface area contributed by atoms with E-state index in [1.807, 2.05) is 6.07 Å². The molecular weight excluding hydrogens is 285 g/mol. The van der Waals surface area contributed by atoms with Crippen LogP contribution in [0.5, 0.6) is 0 Å². The van der Waals surface area contributed by atoms with E-state index >= 15 is 0 Å². The van der Waals surface area contributed by atoms with Crippen LogP contribution in [0.3, 0.4) is 0 Å². The first-order chi connectivity index (χ1) is 8.09. The number of rotatable bonds is 2. The maximum absolute atomic E-state index is 13.8. The predicted octanol–water partition coefficient (Wildman–Crippen LogP) is 3.03. The fraction of sp³-hybridized carbons (Fsp3) is 0.538. The van der Waals surface area contributed by atoms with Crippen LogP contribution in [0.15, 0.2) is 22.7 Å². The van der Waals surface area contributed by atoms with E-state index in [0.717, 1.165) is 30.3 Å². The van der Waals surface area contributed by atoms with Crippen molar-refractivity contribution in [3.8, 4) is 0 Å². The Labute approximate surface area is 109 Å². The molecule has 1 aromatic carbocycles. The molecule has 0 saturated carbocycles. The zero-order valence-corrected chi connectivity index (χ0v) is 11.3. The molecule has 1 unspecified atom stereocenters. The highest BCUT2D eigenvalue weighted by Gasteiger charge is 2.27. The quantitative estimate of drug-likeness (QED) is 0.911. The Hall–Kier alpha value is -0.450. The first-order valence-corrected chi connectivity index (χ1v) is 6.69. The standard InChI is InChI=1S/C13H17BrFNO/c14-11-3-2-10(12(15)8-11)9-13(16)4-1-6-17-7-5-13/h2-3,8H,1,4-7,9,16H2. The van der Waals surface area contributed by atoms with E-state index in [1.165, 1.54) is 6.07 Å². The van der Waals surface area contributed by atoms with Gasteiger partial charge in [0.2, 0.25) is 0 Å². The highest BCUT2D eigenvalue weighted by molar-refractivity contribution is 9.10. The van der Waals surface area contributed by atoms with Crippen molar-refractivity contribution in [2.24, 2.45) is 5.73 Å². The molecule has 17 heavy (non-hydrogen) atoms. The molecule has 0 amide bonds. The molecule has 0 radical (unpaired) electrons. The molecule has 1 heterocycles. The Balaban J connectivity index is 2.12. The highest BCUT2D eigenvalue weighted by atomic mass is 79.9. The van der Waals surface area contributed by atoms with Crippen molar-refractivity contribution >= 4 is 15.9 Å². The van der Waals surface area contributed by atoms with Gasteiger partial charge in [-0.05, 0) is 43.4 Å². The fourth-order valence-corrected chi connectivity index (χ4v) is 2.58. The first kappa shape index (κ1) is 13.0. The predicted molar refractivity (Wildman–Crippen MR) is 69.4 cm³/mol. The van der Waals surface area contributed by atoms with Gasteiger partial charge in [-0.15, -0.1) is 0 Å². The van der Waals surface area contributed by atoms with Gasteiger partial charge in [0.15, 0.2) is 0 Å². The molecule has 1 aliphatic rings. The lowest BCUT2D eigenvalue weighted by Crippen LogP contribution is -2.42. The minimum atomic E-state index is -0.328. The second kappa shape index (κ2) is 5.46. The monoisotopic (exact) mass is 301 g/mol. The Bertz CT molecular complexity index is 389. The van der Waals surface area contributed by atoms with E-state index in [9.17, 15) is 4.39 Å². The van der Waals surface area contributed by atoms with Crippen LogP contribution in [-0.2, 0) is 11.2 Å². The van der Waals surface area contributed by atoms with E-state index in [2.05, 4.69) is 15.9 Å². The fourth-order valence-electron chi connectivity index (χ4n) is 2.25. The van der Waals surface area contributed by atoms with E-state index in [0.29, 0.717) is 18.6 Å². The van der Waals surface area contributed by atoms with Crippen LogP contribution in [-0.4, -0.2) is 18.8 Å². The molecule has 2 N–H and O–H groups in total. The normalized spacial score (nSPS) is 25.6. The summed E-state index contributed by atoms with van der Waals surface area (Å²) in [4.78, 5) is 0. The van der Waals surface area contributed by atoms with Crippen LogP contribution in [0.2, 0.25) is 0 Å². The van der Waals surface area contributed by atoms with Gasteiger partial charge in [0.1, 0.15) is 5.82 Å². The summed E-state index contributed by atoms with van der Waals surface area (Å²) in [6.45, 7) is 1.44. The van der Waals surface area contributed by atoms with Gasteiger partial charge in [0.05, 0.1) is 0 Å². The van der Waals surface area contributed by atoms with Gasteiger partial charge in [-0.25, -0.2) is 4.39 Å². The van der Waals surface area contributed by atoms with Crippen LogP contribution in [0.25, 0.3) is 0 Å². The largest absolute Gasteiger partial charge is 0.381 e. The summed E-state index contributed by atoms with van der Waals surface area (Å²) < 4.78 is 19.9. The third-order valence-corrected chi connectivity index (χ3v) is 3.76. The summed E-state index contributed by atoms with van der Waals surface area (Å²) in [5.41, 5.74) is 6.70. The molecular formula is C13H17BrFNO. The lowest BCUT2D eigenvalue weighted by Gasteiger charge is -2.27. The Kier molecular flexibility index (Phi) is 4.17. The van der Waals surface area contributed by atoms with Crippen molar-refractivity contribution in [2.75, 3.05) is 13.2 Å². The summed E-state index contributed by atoms with van der Waals surface area (Å²) in [7, 11) is 0. The number of halogens is 2. The molecule has 94 valence electrons. The molecule has 0 spiro atoms. The summed E-state index contributed by atoms with van der Waals surface area (Å²) in [5, 5.41) is 0.